The Bertz CT molecular complexity index is 1220. The Kier molecular flexibility index (Phi) is 10.8. The van der Waals surface area contributed by atoms with Crippen LogP contribution in [-0.2, 0) is 11.2 Å². The molecule has 6 heteroatoms. The second kappa shape index (κ2) is 14.2. The van der Waals surface area contributed by atoms with Crippen LogP contribution >= 0.6 is 0 Å². The number of rotatable bonds is 13. The highest BCUT2D eigenvalue weighted by Gasteiger charge is 2.25. The maximum Gasteiger partial charge on any atom is 0.185 e. The van der Waals surface area contributed by atoms with E-state index in [2.05, 4.69) is 97.0 Å². The highest BCUT2D eigenvalue weighted by Crippen LogP contribution is 2.42. The van der Waals surface area contributed by atoms with E-state index >= 15 is 0 Å². The van der Waals surface area contributed by atoms with Crippen molar-refractivity contribution in [3.63, 3.8) is 0 Å². The number of fused-ring (bicyclic) bond motifs is 2. The second-order valence-electron chi connectivity index (χ2n) is 9.27. The molecule has 0 spiro atoms. The van der Waals surface area contributed by atoms with Gasteiger partial charge in [0.1, 0.15) is 0 Å². The van der Waals surface area contributed by atoms with Gasteiger partial charge in [0, 0.05) is 38.4 Å². The second-order valence-corrected chi connectivity index (χ2v) is 9.27. The van der Waals surface area contributed by atoms with E-state index in [1.54, 1.807) is 13.2 Å². The lowest BCUT2D eigenvalue weighted by molar-refractivity contribution is 0.316. The van der Waals surface area contributed by atoms with Gasteiger partial charge in [-0.1, -0.05) is 18.2 Å². The molecule has 0 fully saturated rings. The Balaban J connectivity index is 1.88. The van der Waals surface area contributed by atoms with Crippen molar-refractivity contribution in [3.8, 4) is 0 Å². The van der Waals surface area contributed by atoms with E-state index in [0.717, 1.165) is 50.3 Å². The molecule has 0 heterocycles. The third kappa shape index (κ3) is 7.37. The lowest BCUT2D eigenvalue weighted by Crippen LogP contribution is -2.22. The zero-order valence-corrected chi connectivity index (χ0v) is 23.7. The van der Waals surface area contributed by atoms with Crippen LogP contribution in [0.15, 0.2) is 94.0 Å². The van der Waals surface area contributed by atoms with Crippen LogP contribution in [0.3, 0.4) is 0 Å². The van der Waals surface area contributed by atoms with Gasteiger partial charge in [-0.2, -0.15) is 0 Å². The standard InChI is InChI=1S/C32H43N5O/c1-7-25(16-19-38-24(6)36-18-11-17-35-23(5)33)32-30-14-12-28(34-8-2)21-26(30)20-27-22-29(13-15-31(27)32)37(9-3)10-4/h7,12-16,19,21-22,36H,6,8-11,17-18,20H2,1-5H3,(H2,33,35)/b19-16+,25-7+,34-28?. The Morgan fingerprint density at radius 3 is 2.68 bits per heavy atom. The summed E-state index contributed by atoms with van der Waals surface area (Å²) in [6.45, 7) is 18.5. The maximum absolute atomic E-state index is 5.78. The largest absolute Gasteiger partial charge is 0.450 e. The zero-order chi connectivity index (χ0) is 27.5. The van der Waals surface area contributed by atoms with Crippen LogP contribution < -0.4 is 16.0 Å². The van der Waals surface area contributed by atoms with Gasteiger partial charge < -0.3 is 20.7 Å². The zero-order valence-electron chi connectivity index (χ0n) is 23.7. The molecule has 3 rings (SSSR count). The first-order chi connectivity index (χ1) is 18.4. The van der Waals surface area contributed by atoms with E-state index in [0.29, 0.717) is 18.3 Å². The molecule has 2 aliphatic rings. The third-order valence-corrected chi connectivity index (χ3v) is 6.64. The molecule has 3 N–H and O–H groups in total. The Morgan fingerprint density at radius 1 is 1.21 bits per heavy atom. The van der Waals surface area contributed by atoms with E-state index in [9.17, 15) is 0 Å². The van der Waals surface area contributed by atoms with Crippen LogP contribution in [0.5, 0.6) is 0 Å². The summed E-state index contributed by atoms with van der Waals surface area (Å²) < 4.78 is 5.78. The molecule has 6 nitrogen and oxygen atoms in total. The molecule has 0 amide bonds. The summed E-state index contributed by atoms with van der Waals surface area (Å²) in [6, 6.07) is 6.87. The molecule has 1 aromatic rings. The molecule has 0 radical (unpaired) electrons. The van der Waals surface area contributed by atoms with Gasteiger partial charge in [0.15, 0.2) is 5.88 Å². The molecule has 0 aromatic heterocycles. The van der Waals surface area contributed by atoms with E-state index in [4.69, 9.17) is 10.5 Å². The number of nitrogens with zero attached hydrogens (tertiary/aromatic N) is 3. The molecular weight excluding hydrogens is 470 g/mol. The molecule has 38 heavy (non-hydrogen) atoms. The summed E-state index contributed by atoms with van der Waals surface area (Å²) in [5.74, 6) is 1.11. The van der Waals surface area contributed by atoms with Gasteiger partial charge in [0.2, 0.25) is 0 Å². The summed E-state index contributed by atoms with van der Waals surface area (Å²) in [7, 11) is 0. The highest BCUT2D eigenvalue weighted by atomic mass is 16.5. The third-order valence-electron chi connectivity index (χ3n) is 6.64. The van der Waals surface area contributed by atoms with E-state index in [-0.39, 0.29) is 0 Å². The van der Waals surface area contributed by atoms with Crippen LogP contribution in [0, 0.1) is 0 Å². The number of amidine groups is 1. The van der Waals surface area contributed by atoms with E-state index < -0.39 is 0 Å². The predicted molar refractivity (Wildman–Crippen MR) is 164 cm³/mol. The molecule has 1 aromatic carbocycles. The molecule has 0 saturated carbocycles. The number of hydrogen-bond donors (Lipinski definition) is 2. The van der Waals surface area contributed by atoms with Gasteiger partial charge in [-0.15, -0.1) is 0 Å². The number of hydrogen-bond acceptors (Lipinski definition) is 5. The van der Waals surface area contributed by atoms with Gasteiger partial charge in [0.25, 0.3) is 0 Å². The maximum atomic E-state index is 5.78. The van der Waals surface area contributed by atoms with Crippen molar-refractivity contribution in [2.24, 2.45) is 15.7 Å². The monoisotopic (exact) mass is 513 g/mol. The summed E-state index contributed by atoms with van der Waals surface area (Å²) in [6.07, 6.45) is 14.2. The molecule has 0 saturated heterocycles. The number of benzene rings is 1. The average molecular weight is 514 g/mol. The minimum absolute atomic E-state index is 0.509. The van der Waals surface area contributed by atoms with E-state index in [1.165, 1.54) is 33.5 Å². The van der Waals surface area contributed by atoms with Gasteiger partial charge in [-0.25, -0.2) is 0 Å². The van der Waals surface area contributed by atoms with Crippen LogP contribution in [0.4, 0.5) is 5.69 Å². The van der Waals surface area contributed by atoms with Crippen molar-refractivity contribution in [3.05, 3.63) is 95.1 Å². The number of anilines is 1. The van der Waals surface area contributed by atoms with Crippen LogP contribution in [-0.4, -0.2) is 44.3 Å². The minimum Gasteiger partial charge on any atom is -0.450 e. The first-order valence-corrected chi connectivity index (χ1v) is 13.7. The number of nitrogens with one attached hydrogen (secondary N) is 1. The topological polar surface area (TPSA) is 75.2 Å². The molecule has 0 aliphatic heterocycles. The molecular formula is C32H43N5O. The molecule has 202 valence electrons. The Labute approximate surface area is 228 Å². The molecule has 0 unspecified atom stereocenters. The summed E-state index contributed by atoms with van der Waals surface area (Å²) >= 11 is 0. The summed E-state index contributed by atoms with van der Waals surface area (Å²) in [4.78, 5) is 11.2. The van der Waals surface area contributed by atoms with Gasteiger partial charge in [-0.05, 0) is 118 Å². The van der Waals surface area contributed by atoms with Gasteiger partial charge in [-0.3, -0.25) is 9.98 Å². The number of nitrogens with two attached hydrogens (primary N) is 1. The number of aliphatic imine (C=N–C) groups is 2. The fourth-order valence-corrected chi connectivity index (χ4v) is 4.79. The van der Waals surface area contributed by atoms with Crippen molar-refractivity contribution >= 4 is 22.8 Å². The first-order valence-electron chi connectivity index (χ1n) is 13.7. The number of allylic oxidation sites excluding steroid dienone is 9. The lowest BCUT2D eigenvalue weighted by atomic mass is 9.77. The highest BCUT2D eigenvalue weighted by molar-refractivity contribution is 6.09. The first kappa shape index (κ1) is 28.8. The summed E-state index contributed by atoms with van der Waals surface area (Å²) in [5.41, 5.74) is 15.3. The molecule has 0 bridgehead atoms. The average Bonchev–Trinajstić information content (AvgIpc) is 2.90. The van der Waals surface area contributed by atoms with Crippen LogP contribution in [0.25, 0.3) is 5.57 Å². The fraction of sp³-hybridized carbons (Fsp3) is 0.375. The lowest BCUT2D eigenvalue weighted by Gasteiger charge is -2.29. The SMILES string of the molecule is C=C(NCCCN=C(C)N)O/C=C/C(=C\C)C1=C2C=CC(=NCC)C=C2Cc2cc(N(CC)CC)ccc21. The van der Waals surface area contributed by atoms with Crippen molar-refractivity contribution in [1.82, 2.24) is 5.32 Å². The normalized spacial score (nSPS) is 16.4. The quantitative estimate of drug-likeness (QED) is 0.110. The van der Waals surface area contributed by atoms with Crippen LogP contribution in [0.1, 0.15) is 52.2 Å². The van der Waals surface area contributed by atoms with Crippen molar-refractivity contribution in [2.75, 3.05) is 37.6 Å². The van der Waals surface area contributed by atoms with Crippen molar-refractivity contribution in [1.29, 1.82) is 0 Å². The Morgan fingerprint density at radius 2 is 2.00 bits per heavy atom. The van der Waals surface area contributed by atoms with Crippen molar-refractivity contribution in [2.45, 2.75) is 47.5 Å². The Hall–Kier alpha value is -3.80. The fourth-order valence-electron chi connectivity index (χ4n) is 4.79. The van der Waals surface area contributed by atoms with Crippen LogP contribution in [0.2, 0.25) is 0 Å². The smallest absolute Gasteiger partial charge is 0.185 e. The van der Waals surface area contributed by atoms with Gasteiger partial charge in [0.05, 0.1) is 17.8 Å². The summed E-state index contributed by atoms with van der Waals surface area (Å²) in [5, 5.41) is 3.19. The minimum atomic E-state index is 0.509. The molecule has 2 aliphatic carbocycles. The van der Waals surface area contributed by atoms with Crippen molar-refractivity contribution < 1.29 is 4.74 Å². The molecule has 0 atom stereocenters. The predicted octanol–water partition coefficient (Wildman–Crippen LogP) is 6.10. The van der Waals surface area contributed by atoms with E-state index in [1.807, 2.05) is 6.08 Å². The van der Waals surface area contributed by atoms with Gasteiger partial charge >= 0.3 is 0 Å². The number of ether oxygens (including phenoxy) is 1.